The molecule has 3 nitrogen and oxygen atoms in total. The zero-order chi connectivity index (χ0) is 5.54. The van der Waals surface area contributed by atoms with E-state index in [4.69, 9.17) is 5.26 Å². The monoisotopic (exact) mass is 121 g/mol. The van der Waals surface area contributed by atoms with Crippen LogP contribution >= 0.6 is 0 Å². The molecule has 0 bridgehead atoms. The van der Waals surface area contributed by atoms with E-state index in [9.17, 15) is 4.79 Å². The predicted molar refractivity (Wildman–Crippen MR) is 30.1 cm³/mol. The molecule has 0 aliphatic heterocycles. The van der Waals surface area contributed by atoms with Gasteiger partial charge in [0.15, 0.2) is 0 Å². The van der Waals surface area contributed by atoms with Gasteiger partial charge in [0.2, 0.25) is 6.41 Å². The molecule has 0 fully saturated rings. The molecule has 1 amide bonds. The van der Waals surface area contributed by atoms with Crippen molar-refractivity contribution in [1.29, 1.82) is 5.26 Å². The van der Waals surface area contributed by atoms with Gasteiger partial charge in [-0.3, -0.25) is 4.79 Å². The van der Waals surface area contributed by atoms with E-state index in [1.807, 2.05) is 6.07 Å². The number of hydrogen-bond acceptors (Lipinski definition) is 2. The topological polar surface area (TPSA) is 52.9 Å². The summed E-state index contributed by atoms with van der Waals surface area (Å²) in [7, 11) is 0. The fourth-order valence-corrected chi connectivity index (χ4v) is 0.187. The van der Waals surface area contributed by atoms with Crippen LogP contribution < -0.4 is 5.32 Å². The molecule has 0 spiro atoms. The third-order valence-electron chi connectivity index (χ3n) is 0.464. The Morgan fingerprint density at radius 1 is 1.75 bits per heavy atom. The normalized spacial score (nSPS) is 5.88. The van der Waals surface area contributed by atoms with Crippen molar-refractivity contribution in [2.24, 2.45) is 0 Å². The summed E-state index contributed by atoms with van der Waals surface area (Å²) in [5, 5.41) is 10.2. The zero-order valence-corrected chi connectivity index (χ0v) is 6.85. The number of hydrogen-bond donors (Lipinski definition) is 1. The van der Waals surface area contributed by atoms with Gasteiger partial charge in [-0.25, -0.2) is 0 Å². The van der Waals surface area contributed by atoms with Gasteiger partial charge in [0.05, 0.1) is 12.5 Å². The third-order valence-corrected chi connectivity index (χ3v) is 0.464. The van der Waals surface area contributed by atoms with Gasteiger partial charge >= 0.3 is 0 Å². The van der Waals surface area contributed by atoms with Crippen LogP contribution in [0, 0.1) is 11.3 Å². The Bertz CT molecular complexity index is 88.5. The minimum atomic E-state index is 0. The Balaban J connectivity index is 0. The summed E-state index contributed by atoms with van der Waals surface area (Å²) in [5.74, 6) is 0. The van der Waals surface area contributed by atoms with E-state index in [0.29, 0.717) is 19.4 Å². The van der Waals surface area contributed by atoms with Crippen molar-refractivity contribution in [1.82, 2.24) is 5.32 Å². The summed E-state index contributed by atoms with van der Waals surface area (Å²) in [6, 6.07) is 1.88. The van der Waals surface area contributed by atoms with Crippen LogP contribution in [-0.2, 0) is 4.79 Å². The smallest absolute Gasteiger partial charge is 0.207 e. The summed E-state index contributed by atoms with van der Waals surface area (Å²) in [6.07, 6.45) is 0.968. The Kier molecular flexibility index (Phi) is 13.6. The number of carbonyl (C=O) groups is 1. The number of nitrogens with zero attached hydrogens (tertiary/aromatic N) is 1. The molecular formula is C4H6N2NaO. The van der Waals surface area contributed by atoms with Gasteiger partial charge in [-0.2, -0.15) is 5.26 Å². The van der Waals surface area contributed by atoms with Crippen LogP contribution in [0.4, 0.5) is 0 Å². The molecule has 0 atom stereocenters. The summed E-state index contributed by atoms with van der Waals surface area (Å²) < 4.78 is 0. The summed E-state index contributed by atoms with van der Waals surface area (Å²) >= 11 is 0. The third kappa shape index (κ3) is 9.35. The summed E-state index contributed by atoms with van der Waals surface area (Å²) in [4.78, 5) is 9.46. The number of amides is 1. The second-order valence-electron chi connectivity index (χ2n) is 0.980. The van der Waals surface area contributed by atoms with Crippen molar-refractivity contribution >= 4 is 36.0 Å². The molecule has 0 aromatic carbocycles. The van der Waals surface area contributed by atoms with Crippen molar-refractivity contribution in [3.63, 3.8) is 0 Å². The first-order valence-electron chi connectivity index (χ1n) is 1.96. The second kappa shape index (κ2) is 10.0. The minimum Gasteiger partial charge on any atom is -0.358 e. The molecule has 39 valence electrons. The maximum atomic E-state index is 9.46. The van der Waals surface area contributed by atoms with Crippen LogP contribution in [0.5, 0.6) is 0 Å². The predicted octanol–water partition coefficient (Wildman–Crippen LogP) is -0.735. The van der Waals surface area contributed by atoms with Crippen LogP contribution in [-0.4, -0.2) is 42.5 Å². The van der Waals surface area contributed by atoms with E-state index in [1.54, 1.807) is 0 Å². The van der Waals surface area contributed by atoms with Gasteiger partial charge in [-0.1, -0.05) is 0 Å². The van der Waals surface area contributed by atoms with Crippen LogP contribution in [0.2, 0.25) is 0 Å². The van der Waals surface area contributed by atoms with Crippen molar-refractivity contribution in [3.05, 3.63) is 0 Å². The molecule has 0 saturated heterocycles. The standard InChI is InChI=1S/C4H6N2O.Na/c5-2-1-3-6-4-7;/h4H,1,3H2,(H,6,7);. The first-order valence-corrected chi connectivity index (χ1v) is 1.96. The first kappa shape index (κ1) is 10.9. The molecule has 0 heterocycles. The van der Waals surface area contributed by atoms with Crippen molar-refractivity contribution in [2.75, 3.05) is 6.54 Å². The molecule has 8 heavy (non-hydrogen) atoms. The Morgan fingerprint density at radius 2 is 2.38 bits per heavy atom. The summed E-state index contributed by atoms with van der Waals surface area (Å²) in [6.45, 7) is 0.458. The SMILES string of the molecule is N#CCCNC=O.[Na]. The molecule has 0 rings (SSSR count). The molecular weight excluding hydrogens is 115 g/mol. The number of nitriles is 1. The molecule has 0 aromatic rings. The Hall–Kier alpha value is -0.0400. The van der Waals surface area contributed by atoms with E-state index >= 15 is 0 Å². The maximum Gasteiger partial charge on any atom is 0.207 e. The van der Waals surface area contributed by atoms with Crippen molar-refractivity contribution in [2.45, 2.75) is 6.42 Å². The molecule has 1 N–H and O–H groups in total. The second-order valence-corrected chi connectivity index (χ2v) is 0.980. The maximum absolute atomic E-state index is 9.46. The fourth-order valence-electron chi connectivity index (χ4n) is 0.187. The average molecular weight is 121 g/mol. The van der Waals surface area contributed by atoms with E-state index in [1.165, 1.54) is 0 Å². The van der Waals surface area contributed by atoms with Crippen LogP contribution in [0.3, 0.4) is 0 Å². The number of rotatable bonds is 3. The largest absolute Gasteiger partial charge is 0.358 e. The molecule has 4 heteroatoms. The van der Waals surface area contributed by atoms with Crippen LogP contribution in [0.25, 0.3) is 0 Å². The van der Waals surface area contributed by atoms with Crippen LogP contribution in [0.15, 0.2) is 0 Å². The first-order chi connectivity index (χ1) is 3.41. The Morgan fingerprint density at radius 3 is 2.75 bits per heavy atom. The van der Waals surface area contributed by atoms with Gasteiger partial charge in [-0.15, -0.1) is 0 Å². The fraction of sp³-hybridized carbons (Fsp3) is 0.500. The van der Waals surface area contributed by atoms with E-state index in [0.717, 1.165) is 0 Å². The Labute approximate surface area is 70.4 Å². The average Bonchev–Trinajstić information content (AvgIpc) is 1.69. The number of nitrogens with one attached hydrogen (secondary N) is 1. The van der Waals surface area contributed by atoms with Gasteiger partial charge in [0.1, 0.15) is 0 Å². The molecule has 0 aromatic heterocycles. The van der Waals surface area contributed by atoms with E-state index in [-0.39, 0.29) is 29.6 Å². The van der Waals surface area contributed by atoms with Gasteiger partial charge in [0, 0.05) is 36.1 Å². The van der Waals surface area contributed by atoms with Crippen molar-refractivity contribution in [3.8, 4) is 6.07 Å². The quantitative estimate of drug-likeness (QED) is 0.304. The molecule has 0 aliphatic rings. The molecule has 0 unspecified atom stereocenters. The van der Waals surface area contributed by atoms with Gasteiger partial charge < -0.3 is 5.32 Å². The summed E-state index contributed by atoms with van der Waals surface area (Å²) in [5.41, 5.74) is 0. The zero-order valence-electron chi connectivity index (χ0n) is 4.85. The molecule has 0 saturated carbocycles. The van der Waals surface area contributed by atoms with Crippen molar-refractivity contribution < 1.29 is 4.79 Å². The minimum absolute atomic E-state index is 0. The van der Waals surface area contributed by atoms with E-state index in [2.05, 4.69) is 5.32 Å². The number of carbonyl (C=O) groups excluding carboxylic acids is 1. The molecule has 1 radical (unpaired) electrons. The van der Waals surface area contributed by atoms with Crippen LogP contribution in [0.1, 0.15) is 6.42 Å². The van der Waals surface area contributed by atoms with E-state index < -0.39 is 0 Å². The molecule has 0 aliphatic carbocycles. The van der Waals surface area contributed by atoms with Gasteiger partial charge in [-0.05, 0) is 0 Å². The van der Waals surface area contributed by atoms with Gasteiger partial charge in [0.25, 0.3) is 0 Å².